The third-order valence-electron chi connectivity index (χ3n) is 4.30. The molecule has 7 heteroatoms. The highest BCUT2D eigenvalue weighted by molar-refractivity contribution is 7.22. The van der Waals surface area contributed by atoms with Gasteiger partial charge >= 0.3 is 0 Å². The van der Waals surface area contributed by atoms with Gasteiger partial charge in [-0.15, -0.1) is 0 Å². The largest absolute Gasteiger partial charge is 0.484 e. The van der Waals surface area contributed by atoms with Crippen LogP contribution in [0, 0.1) is 13.8 Å². The molecule has 1 aromatic heterocycles. The molecule has 3 rings (SSSR count). The number of fused-ring (bicyclic) bond motifs is 1. The third-order valence-corrected chi connectivity index (χ3v) is 5.57. The molecule has 5 nitrogen and oxygen atoms in total. The zero-order chi connectivity index (χ0) is 20.3. The van der Waals surface area contributed by atoms with Gasteiger partial charge in [-0.25, -0.2) is 4.98 Å². The first-order valence-electron chi connectivity index (χ1n) is 9.05. The van der Waals surface area contributed by atoms with E-state index in [-0.39, 0.29) is 12.5 Å². The van der Waals surface area contributed by atoms with E-state index in [1.807, 2.05) is 19.0 Å². The second-order valence-corrected chi connectivity index (χ2v) is 8.46. The van der Waals surface area contributed by atoms with Crippen molar-refractivity contribution in [1.82, 2.24) is 9.88 Å². The molecule has 2 aromatic carbocycles. The minimum absolute atomic E-state index is 0.0526. The van der Waals surface area contributed by atoms with Crippen LogP contribution in [-0.2, 0) is 4.79 Å². The van der Waals surface area contributed by atoms with Crippen LogP contribution in [0.4, 0.5) is 5.13 Å². The minimum atomic E-state index is -0.120. The number of benzene rings is 2. The van der Waals surface area contributed by atoms with Crippen molar-refractivity contribution in [2.45, 2.75) is 13.8 Å². The Bertz CT molecular complexity index is 970. The van der Waals surface area contributed by atoms with Crippen LogP contribution < -0.4 is 9.64 Å². The number of aromatic nitrogens is 1. The Morgan fingerprint density at radius 1 is 1.14 bits per heavy atom. The quantitative estimate of drug-likeness (QED) is 0.566. The molecular weight excluding hydrogens is 394 g/mol. The lowest BCUT2D eigenvalue weighted by atomic mass is 10.1. The van der Waals surface area contributed by atoms with Crippen LogP contribution in [0.1, 0.15) is 11.1 Å². The molecule has 0 spiro atoms. The van der Waals surface area contributed by atoms with Gasteiger partial charge in [-0.05, 0) is 69.4 Å². The number of rotatable bonds is 7. The average molecular weight is 418 g/mol. The summed E-state index contributed by atoms with van der Waals surface area (Å²) in [7, 11) is 3.97. The van der Waals surface area contributed by atoms with Crippen LogP contribution in [0.2, 0.25) is 5.02 Å². The summed E-state index contributed by atoms with van der Waals surface area (Å²) in [6.07, 6.45) is 0. The van der Waals surface area contributed by atoms with Gasteiger partial charge in [0.1, 0.15) is 5.75 Å². The molecule has 0 aliphatic carbocycles. The van der Waals surface area contributed by atoms with Crippen molar-refractivity contribution >= 4 is 44.2 Å². The summed E-state index contributed by atoms with van der Waals surface area (Å²) in [6, 6.07) is 11.2. The fourth-order valence-corrected chi connectivity index (χ4v) is 4.17. The highest BCUT2D eigenvalue weighted by atomic mass is 35.5. The number of thiazole rings is 1. The van der Waals surface area contributed by atoms with E-state index in [0.29, 0.717) is 22.4 Å². The van der Waals surface area contributed by atoms with Gasteiger partial charge in [0.05, 0.1) is 10.2 Å². The van der Waals surface area contributed by atoms with Gasteiger partial charge in [0.15, 0.2) is 11.7 Å². The average Bonchev–Trinajstić information content (AvgIpc) is 3.05. The highest BCUT2D eigenvalue weighted by Crippen LogP contribution is 2.31. The van der Waals surface area contributed by atoms with E-state index in [4.69, 9.17) is 21.3 Å². The van der Waals surface area contributed by atoms with Crippen molar-refractivity contribution in [3.05, 3.63) is 52.5 Å². The van der Waals surface area contributed by atoms with Gasteiger partial charge in [-0.2, -0.15) is 0 Å². The van der Waals surface area contributed by atoms with Crippen molar-refractivity contribution in [3.63, 3.8) is 0 Å². The summed E-state index contributed by atoms with van der Waals surface area (Å²) in [5.74, 6) is 0.492. The molecule has 28 heavy (non-hydrogen) atoms. The monoisotopic (exact) mass is 417 g/mol. The van der Waals surface area contributed by atoms with Crippen molar-refractivity contribution in [2.24, 2.45) is 0 Å². The zero-order valence-corrected chi connectivity index (χ0v) is 18.1. The maximum Gasteiger partial charge on any atom is 0.266 e. The number of nitrogens with zero attached hydrogens (tertiary/aromatic N) is 3. The number of aryl methyl sites for hydroxylation is 2. The maximum absolute atomic E-state index is 12.9. The zero-order valence-electron chi connectivity index (χ0n) is 16.5. The Labute approximate surface area is 174 Å². The Morgan fingerprint density at radius 2 is 1.86 bits per heavy atom. The predicted octanol–water partition coefficient (Wildman–Crippen LogP) is 4.54. The highest BCUT2D eigenvalue weighted by Gasteiger charge is 2.21. The van der Waals surface area contributed by atoms with Gasteiger partial charge in [0.25, 0.3) is 5.91 Å². The molecule has 0 aliphatic heterocycles. The summed E-state index contributed by atoms with van der Waals surface area (Å²) >= 11 is 7.44. The first-order chi connectivity index (χ1) is 13.3. The van der Waals surface area contributed by atoms with Gasteiger partial charge in [-0.3, -0.25) is 9.69 Å². The van der Waals surface area contributed by atoms with E-state index < -0.39 is 0 Å². The second-order valence-electron chi connectivity index (χ2n) is 7.02. The number of carbonyl (C=O) groups is 1. The topological polar surface area (TPSA) is 45.7 Å². The molecule has 0 saturated heterocycles. The van der Waals surface area contributed by atoms with E-state index >= 15 is 0 Å². The molecule has 0 unspecified atom stereocenters. The Kier molecular flexibility index (Phi) is 6.54. The van der Waals surface area contributed by atoms with Crippen LogP contribution in [0.15, 0.2) is 36.4 Å². The SMILES string of the molecule is Cc1cc(C)c2nc(N(CCN(C)C)C(=O)COc3ccc(Cl)cc3)sc2c1. The van der Waals surface area contributed by atoms with Crippen LogP contribution in [0.3, 0.4) is 0 Å². The van der Waals surface area contributed by atoms with Crippen LogP contribution in [0.5, 0.6) is 5.75 Å². The van der Waals surface area contributed by atoms with Gasteiger partial charge in [0, 0.05) is 18.1 Å². The van der Waals surface area contributed by atoms with Crippen molar-refractivity contribution in [1.29, 1.82) is 0 Å². The summed E-state index contributed by atoms with van der Waals surface area (Å²) in [5.41, 5.74) is 3.26. The molecule has 0 saturated carbocycles. The van der Waals surface area contributed by atoms with Crippen molar-refractivity contribution in [2.75, 3.05) is 38.7 Å². The molecule has 148 valence electrons. The lowest BCUT2D eigenvalue weighted by molar-refractivity contribution is -0.120. The number of carbonyl (C=O) groups excluding carboxylic acids is 1. The molecule has 0 atom stereocenters. The summed E-state index contributed by atoms with van der Waals surface area (Å²) in [5, 5.41) is 1.33. The fraction of sp³-hybridized carbons (Fsp3) is 0.333. The lowest BCUT2D eigenvalue weighted by Crippen LogP contribution is -2.39. The summed E-state index contributed by atoms with van der Waals surface area (Å²) < 4.78 is 6.75. The number of likely N-dealkylation sites (N-methyl/N-ethyl adjacent to an activating group) is 1. The molecule has 0 bridgehead atoms. The van der Waals surface area contributed by atoms with Gasteiger partial charge in [-0.1, -0.05) is 29.0 Å². The van der Waals surface area contributed by atoms with E-state index in [1.54, 1.807) is 29.2 Å². The van der Waals surface area contributed by atoms with Gasteiger partial charge < -0.3 is 9.64 Å². The Balaban J connectivity index is 1.82. The number of halogens is 1. The molecule has 0 aliphatic rings. The minimum Gasteiger partial charge on any atom is -0.484 e. The number of ether oxygens (including phenoxy) is 1. The third kappa shape index (κ3) is 5.01. The maximum atomic E-state index is 12.9. The van der Waals surface area contributed by atoms with E-state index in [9.17, 15) is 4.79 Å². The number of amides is 1. The van der Waals surface area contributed by atoms with Crippen LogP contribution in [-0.4, -0.2) is 49.6 Å². The fourth-order valence-electron chi connectivity index (χ4n) is 2.86. The predicted molar refractivity (Wildman–Crippen MR) is 117 cm³/mol. The molecule has 0 radical (unpaired) electrons. The normalized spacial score (nSPS) is 11.2. The van der Waals surface area contributed by atoms with Crippen molar-refractivity contribution < 1.29 is 9.53 Å². The number of anilines is 1. The molecule has 0 fully saturated rings. The number of hydrogen-bond donors (Lipinski definition) is 0. The first kappa shape index (κ1) is 20.6. The molecule has 1 heterocycles. The van der Waals surface area contributed by atoms with Crippen LogP contribution >= 0.6 is 22.9 Å². The lowest BCUT2D eigenvalue weighted by Gasteiger charge is -2.22. The Morgan fingerprint density at radius 3 is 2.54 bits per heavy atom. The van der Waals surface area contributed by atoms with Crippen LogP contribution in [0.25, 0.3) is 10.2 Å². The molecule has 3 aromatic rings. The number of hydrogen-bond acceptors (Lipinski definition) is 5. The summed E-state index contributed by atoms with van der Waals surface area (Å²) in [6.45, 7) is 5.35. The van der Waals surface area contributed by atoms with Gasteiger partial charge in [0.2, 0.25) is 0 Å². The van der Waals surface area contributed by atoms with E-state index in [1.165, 1.54) is 16.9 Å². The molecular formula is C21H24ClN3O2S. The van der Waals surface area contributed by atoms with Crippen molar-refractivity contribution in [3.8, 4) is 5.75 Å². The first-order valence-corrected chi connectivity index (χ1v) is 10.2. The second kappa shape index (κ2) is 8.90. The molecule has 1 amide bonds. The standard InChI is InChI=1S/C21H24ClN3O2S/c1-14-11-15(2)20-18(12-14)28-21(23-20)25(10-9-24(3)4)19(26)13-27-17-7-5-16(22)6-8-17/h5-8,11-12H,9-10,13H2,1-4H3. The summed E-state index contributed by atoms with van der Waals surface area (Å²) in [4.78, 5) is 21.5. The molecule has 0 N–H and O–H groups in total. The van der Waals surface area contributed by atoms with E-state index in [0.717, 1.165) is 22.3 Å². The smallest absolute Gasteiger partial charge is 0.266 e. The van der Waals surface area contributed by atoms with E-state index in [2.05, 4.69) is 26.0 Å². The Hall–Kier alpha value is -2.15.